The van der Waals surface area contributed by atoms with E-state index in [1.165, 1.54) is 5.56 Å². The van der Waals surface area contributed by atoms with Gasteiger partial charge in [0.05, 0.1) is 0 Å². The summed E-state index contributed by atoms with van der Waals surface area (Å²) >= 11 is 0. The van der Waals surface area contributed by atoms with Gasteiger partial charge < -0.3 is 10.2 Å². The zero-order chi connectivity index (χ0) is 15.8. The predicted octanol–water partition coefficient (Wildman–Crippen LogP) is 4.44. The van der Waals surface area contributed by atoms with Crippen LogP contribution >= 0.6 is 0 Å². The monoisotopic (exact) mass is 292 g/mol. The van der Waals surface area contributed by atoms with Crippen molar-refractivity contribution < 1.29 is 4.39 Å². The fraction of sp³-hybridized carbons (Fsp3) is 0.667. The van der Waals surface area contributed by atoms with E-state index in [4.69, 9.17) is 0 Å². The van der Waals surface area contributed by atoms with Crippen molar-refractivity contribution in [3.05, 3.63) is 29.1 Å². The Balaban J connectivity index is 2.50. The van der Waals surface area contributed by atoms with Gasteiger partial charge in [-0.05, 0) is 64.3 Å². The predicted molar refractivity (Wildman–Crippen MR) is 88.5 cm³/mol. The van der Waals surface area contributed by atoms with Crippen LogP contribution in [0.1, 0.15) is 65.0 Å². The second-order valence-corrected chi connectivity index (χ2v) is 7.16. The Morgan fingerprint density at radius 3 is 2.62 bits per heavy atom. The van der Waals surface area contributed by atoms with E-state index < -0.39 is 0 Å². The summed E-state index contributed by atoms with van der Waals surface area (Å²) in [6.45, 7) is 14.7. The molecule has 0 amide bonds. The van der Waals surface area contributed by atoms with Crippen molar-refractivity contribution >= 4 is 5.69 Å². The number of hydrogen-bond acceptors (Lipinski definition) is 2. The standard InChI is InChI=1S/C18H29FN2/c1-7-20-11-14-8-15-13(4)10-18(5,6)21(12(2)3)17(15)9-16(14)19/h8-9,12-13,20H,7,10-11H2,1-6H3/t13-/m0/s1. The molecule has 1 atom stereocenters. The Hall–Kier alpha value is -1.09. The fourth-order valence-corrected chi connectivity index (χ4v) is 3.89. The van der Waals surface area contributed by atoms with E-state index in [0.717, 1.165) is 24.2 Å². The maximum absolute atomic E-state index is 14.4. The van der Waals surface area contributed by atoms with Gasteiger partial charge in [-0.25, -0.2) is 4.39 Å². The van der Waals surface area contributed by atoms with Crippen molar-refractivity contribution in [2.45, 2.75) is 72.0 Å². The summed E-state index contributed by atoms with van der Waals surface area (Å²) in [7, 11) is 0. The quantitative estimate of drug-likeness (QED) is 0.883. The van der Waals surface area contributed by atoms with Crippen LogP contribution in [0.3, 0.4) is 0 Å². The Labute approximate surface area is 128 Å². The molecule has 0 aromatic heterocycles. The van der Waals surface area contributed by atoms with Gasteiger partial charge in [0, 0.05) is 29.4 Å². The molecule has 0 spiro atoms. The number of rotatable bonds is 4. The highest BCUT2D eigenvalue weighted by molar-refractivity contribution is 5.61. The first kappa shape index (κ1) is 16.3. The Morgan fingerprint density at radius 2 is 2.05 bits per heavy atom. The van der Waals surface area contributed by atoms with E-state index in [9.17, 15) is 4.39 Å². The van der Waals surface area contributed by atoms with Crippen LogP contribution in [0.5, 0.6) is 0 Å². The molecule has 0 saturated heterocycles. The zero-order valence-corrected chi connectivity index (χ0v) is 14.3. The summed E-state index contributed by atoms with van der Waals surface area (Å²) in [5.74, 6) is 0.372. The minimum absolute atomic E-state index is 0.0657. The molecule has 1 N–H and O–H groups in total. The topological polar surface area (TPSA) is 15.3 Å². The molecule has 3 heteroatoms. The highest BCUT2D eigenvalue weighted by atomic mass is 19.1. The van der Waals surface area contributed by atoms with Crippen LogP contribution in [0.2, 0.25) is 0 Å². The lowest BCUT2D eigenvalue weighted by Crippen LogP contribution is -2.52. The molecule has 2 nitrogen and oxygen atoms in total. The van der Waals surface area contributed by atoms with E-state index in [1.54, 1.807) is 6.07 Å². The van der Waals surface area contributed by atoms with Gasteiger partial charge in [0.25, 0.3) is 0 Å². The SMILES string of the molecule is CCNCc1cc2c(cc1F)N(C(C)C)C(C)(C)C[C@@H]2C. The minimum Gasteiger partial charge on any atom is -0.364 e. The van der Waals surface area contributed by atoms with Gasteiger partial charge in [0.2, 0.25) is 0 Å². The molecule has 1 aliphatic rings. The van der Waals surface area contributed by atoms with Crippen molar-refractivity contribution in [3.63, 3.8) is 0 Å². The van der Waals surface area contributed by atoms with Crippen LogP contribution in [0.25, 0.3) is 0 Å². The first-order chi connectivity index (χ1) is 9.77. The fourth-order valence-electron chi connectivity index (χ4n) is 3.89. The van der Waals surface area contributed by atoms with Gasteiger partial charge >= 0.3 is 0 Å². The van der Waals surface area contributed by atoms with Gasteiger partial charge in [0.1, 0.15) is 5.82 Å². The second kappa shape index (κ2) is 5.96. The molecule has 1 aliphatic heterocycles. The van der Waals surface area contributed by atoms with Gasteiger partial charge in [-0.15, -0.1) is 0 Å². The number of halogens is 1. The lowest BCUT2D eigenvalue weighted by Gasteiger charge is -2.50. The molecule has 0 bridgehead atoms. The van der Waals surface area contributed by atoms with Crippen molar-refractivity contribution in [2.75, 3.05) is 11.4 Å². The van der Waals surface area contributed by atoms with Crippen molar-refractivity contribution in [3.8, 4) is 0 Å². The second-order valence-electron chi connectivity index (χ2n) is 7.16. The molecular weight excluding hydrogens is 263 g/mol. The van der Waals surface area contributed by atoms with Crippen molar-refractivity contribution in [1.29, 1.82) is 0 Å². The molecule has 0 aliphatic carbocycles. The molecule has 0 fully saturated rings. The third-order valence-corrected chi connectivity index (χ3v) is 4.53. The molecule has 0 saturated carbocycles. The smallest absolute Gasteiger partial charge is 0.129 e. The number of hydrogen-bond donors (Lipinski definition) is 1. The molecule has 1 heterocycles. The van der Waals surface area contributed by atoms with Gasteiger partial charge in [0.15, 0.2) is 0 Å². The highest BCUT2D eigenvalue weighted by Gasteiger charge is 2.38. The van der Waals surface area contributed by atoms with Gasteiger partial charge in [-0.1, -0.05) is 13.8 Å². The van der Waals surface area contributed by atoms with Crippen LogP contribution in [0, 0.1) is 5.82 Å². The number of benzene rings is 1. The largest absolute Gasteiger partial charge is 0.364 e. The zero-order valence-electron chi connectivity index (χ0n) is 14.3. The first-order valence-corrected chi connectivity index (χ1v) is 8.10. The average molecular weight is 292 g/mol. The van der Waals surface area contributed by atoms with E-state index in [-0.39, 0.29) is 11.4 Å². The molecule has 2 rings (SSSR count). The van der Waals surface area contributed by atoms with Crippen LogP contribution in [0.15, 0.2) is 12.1 Å². The Bertz CT molecular complexity index is 508. The van der Waals surface area contributed by atoms with Crippen LogP contribution in [-0.4, -0.2) is 18.1 Å². The van der Waals surface area contributed by atoms with E-state index in [1.807, 2.05) is 6.92 Å². The van der Waals surface area contributed by atoms with Crippen molar-refractivity contribution in [2.24, 2.45) is 0 Å². The summed E-state index contributed by atoms with van der Waals surface area (Å²) in [5.41, 5.74) is 3.21. The van der Waals surface area contributed by atoms with Gasteiger partial charge in [-0.2, -0.15) is 0 Å². The third-order valence-electron chi connectivity index (χ3n) is 4.53. The maximum atomic E-state index is 14.4. The minimum atomic E-state index is -0.0924. The van der Waals surface area contributed by atoms with Crippen LogP contribution in [-0.2, 0) is 6.54 Å². The van der Waals surface area contributed by atoms with E-state index in [0.29, 0.717) is 18.5 Å². The summed E-state index contributed by atoms with van der Waals surface area (Å²) in [4.78, 5) is 2.38. The first-order valence-electron chi connectivity index (χ1n) is 8.10. The maximum Gasteiger partial charge on any atom is 0.129 e. The normalized spacial score (nSPS) is 20.8. The van der Waals surface area contributed by atoms with Crippen LogP contribution in [0.4, 0.5) is 10.1 Å². The van der Waals surface area contributed by atoms with Crippen molar-refractivity contribution in [1.82, 2.24) is 5.32 Å². The summed E-state index contributed by atoms with van der Waals surface area (Å²) < 4.78 is 14.4. The molecule has 1 aromatic rings. The molecule has 0 radical (unpaired) electrons. The average Bonchev–Trinajstić information content (AvgIpc) is 2.35. The van der Waals surface area contributed by atoms with Gasteiger partial charge in [-0.3, -0.25) is 0 Å². The molecule has 21 heavy (non-hydrogen) atoms. The van der Waals surface area contributed by atoms with E-state index in [2.05, 4.69) is 50.9 Å². The molecule has 0 unspecified atom stereocenters. The highest BCUT2D eigenvalue weighted by Crippen LogP contribution is 2.45. The lowest BCUT2D eigenvalue weighted by atomic mass is 9.78. The van der Waals surface area contributed by atoms with E-state index >= 15 is 0 Å². The lowest BCUT2D eigenvalue weighted by molar-refractivity contribution is 0.354. The summed E-state index contributed by atoms with van der Waals surface area (Å²) in [6, 6.07) is 4.19. The Kier molecular flexibility index (Phi) is 4.62. The molecular formula is C18H29FN2. The number of nitrogens with one attached hydrogen (secondary N) is 1. The number of fused-ring (bicyclic) bond motifs is 1. The van der Waals surface area contributed by atoms with Crippen LogP contribution < -0.4 is 10.2 Å². The summed E-state index contributed by atoms with van der Waals surface area (Å²) in [6.07, 6.45) is 1.10. The Morgan fingerprint density at radius 1 is 1.38 bits per heavy atom. The molecule has 118 valence electrons. The molecule has 1 aromatic carbocycles. The number of nitrogens with zero attached hydrogens (tertiary/aromatic N) is 1. The summed E-state index contributed by atoms with van der Waals surface area (Å²) in [5, 5.41) is 3.22. The number of anilines is 1. The third kappa shape index (κ3) is 3.08.